The number of carbonyl (C=O) groups is 1. The highest BCUT2D eigenvalue weighted by Crippen LogP contribution is 2.21. The van der Waals surface area contributed by atoms with Crippen LogP contribution in [0.2, 0.25) is 0 Å². The number of methoxy groups -OCH3 is 1. The summed E-state index contributed by atoms with van der Waals surface area (Å²) in [5, 5.41) is 0. The Hall–Kier alpha value is -0.900. The third-order valence-corrected chi connectivity index (χ3v) is 1.98. The molecule has 0 bridgehead atoms. The molecule has 0 aliphatic rings. The number of ether oxygens (including phenoxy) is 1. The van der Waals surface area contributed by atoms with Gasteiger partial charge in [0.25, 0.3) is 0 Å². The summed E-state index contributed by atoms with van der Waals surface area (Å²) in [6.07, 6.45) is 3.34. The molecular weight excluding hydrogens is 164 g/mol. The quantitative estimate of drug-likeness (QED) is 0.503. The van der Waals surface area contributed by atoms with Gasteiger partial charge in [-0.3, -0.25) is 0 Å². The normalized spacial score (nSPS) is 9.64. The number of carbonyl (C=O) groups excluding carboxylic acids is 1. The lowest BCUT2D eigenvalue weighted by Gasteiger charge is -1.95. The van der Waals surface area contributed by atoms with E-state index in [1.807, 2.05) is 6.26 Å². The molecule has 1 aromatic rings. The Morgan fingerprint density at radius 2 is 2.45 bits per heavy atom. The van der Waals surface area contributed by atoms with Crippen LogP contribution in [0.15, 0.2) is 21.6 Å². The van der Waals surface area contributed by atoms with Gasteiger partial charge in [0.05, 0.1) is 18.3 Å². The van der Waals surface area contributed by atoms with Crippen molar-refractivity contribution in [2.45, 2.75) is 4.90 Å². The first-order valence-corrected chi connectivity index (χ1v) is 4.22. The molecule has 0 saturated heterocycles. The Labute approximate surface area is 68.7 Å². The van der Waals surface area contributed by atoms with Gasteiger partial charge < -0.3 is 9.15 Å². The van der Waals surface area contributed by atoms with Gasteiger partial charge in [-0.05, 0) is 12.3 Å². The molecule has 0 spiro atoms. The van der Waals surface area contributed by atoms with Crippen LogP contribution in [0.5, 0.6) is 0 Å². The third-order valence-electron chi connectivity index (χ3n) is 1.22. The second-order valence-corrected chi connectivity index (χ2v) is 2.66. The van der Waals surface area contributed by atoms with Gasteiger partial charge in [-0.15, -0.1) is 11.8 Å². The zero-order valence-corrected chi connectivity index (χ0v) is 7.10. The van der Waals surface area contributed by atoms with Crippen LogP contribution in [0.3, 0.4) is 0 Å². The van der Waals surface area contributed by atoms with Crippen molar-refractivity contribution >= 4 is 17.7 Å². The average molecular weight is 172 g/mol. The number of furan rings is 1. The van der Waals surface area contributed by atoms with E-state index in [4.69, 9.17) is 4.42 Å². The van der Waals surface area contributed by atoms with Gasteiger partial charge in [-0.1, -0.05) is 0 Å². The van der Waals surface area contributed by atoms with Crippen LogP contribution in [-0.4, -0.2) is 19.3 Å². The predicted molar refractivity (Wildman–Crippen MR) is 41.8 cm³/mol. The lowest BCUT2D eigenvalue weighted by molar-refractivity contribution is 0.0560. The topological polar surface area (TPSA) is 39.4 Å². The zero-order chi connectivity index (χ0) is 8.27. The summed E-state index contributed by atoms with van der Waals surface area (Å²) >= 11 is 1.45. The second kappa shape index (κ2) is 3.48. The molecule has 0 fully saturated rings. The first-order chi connectivity index (χ1) is 5.29. The number of hydrogen-bond acceptors (Lipinski definition) is 4. The van der Waals surface area contributed by atoms with E-state index in [0.717, 1.165) is 4.90 Å². The molecule has 0 aromatic carbocycles. The minimum Gasteiger partial charge on any atom is -0.463 e. The number of rotatable bonds is 2. The fourth-order valence-corrected chi connectivity index (χ4v) is 1.21. The maximum Gasteiger partial charge on any atom is 0.375 e. The van der Waals surface area contributed by atoms with E-state index in [1.54, 1.807) is 6.07 Å². The fourth-order valence-electron chi connectivity index (χ4n) is 0.700. The summed E-state index contributed by atoms with van der Waals surface area (Å²) in [6, 6.07) is 1.73. The largest absolute Gasteiger partial charge is 0.463 e. The SMILES string of the molecule is COC(=O)c1occc1SC. The predicted octanol–water partition coefficient (Wildman–Crippen LogP) is 1.79. The monoisotopic (exact) mass is 172 g/mol. The molecule has 1 aromatic heterocycles. The number of esters is 1. The summed E-state index contributed by atoms with van der Waals surface area (Å²) < 4.78 is 9.40. The van der Waals surface area contributed by atoms with E-state index in [2.05, 4.69) is 4.74 Å². The molecular formula is C7H8O3S. The summed E-state index contributed by atoms with van der Waals surface area (Å²) in [5.41, 5.74) is 0. The standard InChI is InChI=1S/C7H8O3S/c1-9-7(8)6-5(11-2)3-4-10-6/h3-4H,1-2H3. The van der Waals surface area contributed by atoms with Crippen LogP contribution in [0, 0.1) is 0 Å². The molecule has 11 heavy (non-hydrogen) atoms. The Bertz CT molecular complexity index is 254. The maximum absolute atomic E-state index is 10.9. The highest BCUT2D eigenvalue weighted by molar-refractivity contribution is 7.98. The van der Waals surface area contributed by atoms with Crippen LogP contribution in [0.4, 0.5) is 0 Å². The molecule has 0 aliphatic heterocycles. The van der Waals surface area contributed by atoms with E-state index in [0.29, 0.717) is 0 Å². The molecule has 3 nitrogen and oxygen atoms in total. The van der Waals surface area contributed by atoms with Crippen LogP contribution in [0.25, 0.3) is 0 Å². The molecule has 0 radical (unpaired) electrons. The lowest BCUT2D eigenvalue weighted by atomic mass is 10.4. The van der Waals surface area contributed by atoms with Gasteiger partial charge >= 0.3 is 5.97 Å². The molecule has 0 atom stereocenters. The van der Waals surface area contributed by atoms with E-state index < -0.39 is 5.97 Å². The maximum atomic E-state index is 10.9. The minimum absolute atomic E-state index is 0.278. The van der Waals surface area contributed by atoms with Gasteiger partial charge in [0.2, 0.25) is 5.76 Å². The van der Waals surface area contributed by atoms with Crippen molar-refractivity contribution < 1.29 is 13.9 Å². The van der Waals surface area contributed by atoms with Crippen LogP contribution < -0.4 is 0 Å². The summed E-state index contributed by atoms with van der Waals surface area (Å²) in [5.74, 6) is -0.153. The molecule has 1 heterocycles. The van der Waals surface area contributed by atoms with Crippen LogP contribution >= 0.6 is 11.8 Å². The lowest BCUT2D eigenvalue weighted by Crippen LogP contribution is -1.99. The van der Waals surface area contributed by atoms with E-state index in [9.17, 15) is 4.79 Å². The first-order valence-electron chi connectivity index (χ1n) is 2.99. The Morgan fingerprint density at radius 1 is 1.73 bits per heavy atom. The Kier molecular flexibility index (Phi) is 2.59. The Balaban J connectivity index is 2.92. The van der Waals surface area contributed by atoms with Crippen molar-refractivity contribution in [1.82, 2.24) is 0 Å². The van der Waals surface area contributed by atoms with Crippen molar-refractivity contribution in [3.8, 4) is 0 Å². The smallest absolute Gasteiger partial charge is 0.375 e. The second-order valence-electron chi connectivity index (χ2n) is 1.81. The van der Waals surface area contributed by atoms with Gasteiger partial charge in [0, 0.05) is 0 Å². The van der Waals surface area contributed by atoms with Crippen molar-refractivity contribution in [2.75, 3.05) is 13.4 Å². The van der Waals surface area contributed by atoms with E-state index in [-0.39, 0.29) is 5.76 Å². The molecule has 0 N–H and O–H groups in total. The summed E-state index contributed by atoms with van der Waals surface area (Å²) in [4.78, 5) is 11.7. The number of thioether (sulfide) groups is 1. The van der Waals surface area contributed by atoms with Crippen LogP contribution in [-0.2, 0) is 4.74 Å². The molecule has 0 unspecified atom stereocenters. The molecule has 4 heteroatoms. The van der Waals surface area contributed by atoms with Crippen molar-refractivity contribution in [3.63, 3.8) is 0 Å². The van der Waals surface area contributed by atoms with Gasteiger partial charge in [0.15, 0.2) is 0 Å². The number of hydrogen-bond donors (Lipinski definition) is 0. The molecule has 1 rings (SSSR count). The van der Waals surface area contributed by atoms with Crippen molar-refractivity contribution in [1.29, 1.82) is 0 Å². The fraction of sp³-hybridized carbons (Fsp3) is 0.286. The van der Waals surface area contributed by atoms with Crippen LogP contribution in [0.1, 0.15) is 10.6 Å². The van der Waals surface area contributed by atoms with Crippen molar-refractivity contribution in [3.05, 3.63) is 18.1 Å². The molecule has 0 aliphatic carbocycles. The molecule has 60 valence electrons. The first kappa shape index (κ1) is 8.20. The highest BCUT2D eigenvalue weighted by atomic mass is 32.2. The van der Waals surface area contributed by atoms with E-state index in [1.165, 1.54) is 25.1 Å². The van der Waals surface area contributed by atoms with Gasteiger partial charge in [-0.25, -0.2) is 4.79 Å². The third kappa shape index (κ3) is 1.57. The summed E-state index contributed by atoms with van der Waals surface area (Å²) in [6.45, 7) is 0. The minimum atomic E-state index is -0.431. The summed E-state index contributed by atoms with van der Waals surface area (Å²) in [7, 11) is 1.33. The Morgan fingerprint density at radius 3 is 3.00 bits per heavy atom. The van der Waals surface area contributed by atoms with Crippen molar-refractivity contribution in [2.24, 2.45) is 0 Å². The highest BCUT2D eigenvalue weighted by Gasteiger charge is 2.14. The molecule has 0 saturated carbocycles. The van der Waals surface area contributed by atoms with Gasteiger partial charge in [-0.2, -0.15) is 0 Å². The zero-order valence-electron chi connectivity index (χ0n) is 6.29. The van der Waals surface area contributed by atoms with Gasteiger partial charge in [0.1, 0.15) is 0 Å². The average Bonchev–Trinajstić information content (AvgIpc) is 2.50. The van der Waals surface area contributed by atoms with E-state index >= 15 is 0 Å². The molecule has 0 amide bonds.